The van der Waals surface area contributed by atoms with Gasteiger partial charge in [-0.05, 0) is 49.4 Å². The maximum absolute atomic E-state index is 10.7. The molecule has 2 aromatic heterocycles. The number of fused-ring (bicyclic) bond motifs is 2. The van der Waals surface area contributed by atoms with E-state index >= 15 is 0 Å². The number of rotatable bonds is 11. The van der Waals surface area contributed by atoms with Crippen LogP contribution < -0.4 is 0 Å². The average molecular weight is 792 g/mol. The number of hydrogen-bond acceptors (Lipinski definition) is 8. The fraction of sp³-hybridized carbons (Fsp3) is 0.533. The first-order chi connectivity index (χ1) is 22.1. The molecule has 19 heteroatoms. The molecule has 10 nitrogen and oxygen atoms in total. The predicted molar refractivity (Wildman–Crippen MR) is 167 cm³/mol. The summed E-state index contributed by atoms with van der Waals surface area (Å²) in [5.74, 6) is 3.24. The molecule has 4 aromatic rings. The molecule has 0 saturated heterocycles. The van der Waals surface area contributed by atoms with Crippen LogP contribution >= 0.6 is 0 Å². The number of unbranched alkanes of at least 4 members (excludes halogenated alkanes) is 2. The van der Waals surface area contributed by atoms with Crippen LogP contribution in [0.25, 0.3) is 22.1 Å². The zero-order chi connectivity index (χ0) is 36.5. The number of hydrogen-bond donors (Lipinski definition) is 0. The number of alkyl halides is 6. The fourth-order valence-corrected chi connectivity index (χ4v) is 4.68. The Morgan fingerprint density at radius 3 is 1.39 bits per heavy atom. The maximum atomic E-state index is 10.7. The Morgan fingerprint density at radius 1 is 0.673 bits per heavy atom. The molecule has 1 unspecified atom stereocenters. The Bertz CT molecular complexity index is 1800. The van der Waals surface area contributed by atoms with Gasteiger partial charge < -0.3 is 18.2 Å². The average Bonchev–Trinajstić information content (AvgIpc) is 3.52. The summed E-state index contributed by atoms with van der Waals surface area (Å²) in [6.45, 7) is 11.2. The molecule has 0 amide bonds. The molecule has 0 aliphatic rings. The third kappa shape index (κ3) is 12.5. The summed E-state index contributed by atoms with van der Waals surface area (Å²) in [5, 5.41) is 0. The first kappa shape index (κ1) is 44.3. The summed E-state index contributed by atoms with van der Waals surface area (Å²) in [5.41, 5.74) is -6.59. The number of aromatic nitrogens is 4. The van der Waals surface area contributed by atoms with Crippen molar-refractivity contribution in [1.29, 1.82) is 0 Å². The molecule has 2 aromatic carbocycles. The second-order valence-corrected chi connectivity index (χ2v) is 14.0. The number of halogens is 6. The summed E-state index contributed by atoms with van der Waals surface area (Å²) < 4.78 is 123. The van der Waals surface area contributed by atoms with Crippen LogP contribution in [0.5, 0.6) is 0 Å². The van der Waals surface area contributed by atoms with Crippen molar-refractivity contribution < 1.29 is 69.4 Å². The monoisotopic (exact) mass is 791 g/mol. The molecule has 0 fully saturated rings. The van der Waals surface area contributed by atoms with Gasteiger partial charge in [-0.3, -0.25) is 0 Å². The summed E-state index contributed by atoms with van der Waals surface area (Å²) >= 11 is 0. The van der Waals surface area contributed by atoms with Gasteiger partial charge in [-0.1, -0.05) is 71.2 Å². The van der Waals surface area contributed by atoms with E-state index in [0.717, 1.165) is 43.4 Å². The van der Waals surface area contributed by atoms with Crippen molar-refractivity contribution in [1.82, 2.24) is 19.1 Å². The van der Waals surface area contributed by atoms with Crippen molar-refractivity contribution in [3.05, 3.63) is 60.2 Å². The number of nitrogens with zero attached hydrogens (tertiary/aromatic N) is 4. The van der Waals surface area contributed by atoms with E-state index in [1.165, 1.54) is 41.9 Å². The number of benzene rings is 2. The first-order valence-corrected chi connectivity index (χ1v) is 17.9. The van der Waals surface area contributed by atoms with Crippen molar-refractivity contribution in [2.75, 3.05) is 0 Å². The molecule has 279 valence electrons. The van der Waals surface area contributed by atoms with E-state index in [2.05, 4.69) is 85.4 Å². The third-order valence-corrected chi connectivity index (χ3v) is 8.20. The molecule has 0 N–H and O–H groups in total. The minimum Gasteiger partial charge on any atom is -0.741 e. The third-order valence-electron chi connectivity index (χ3n) is 7.07. The van der Waals surface area contributed by atoms with Crippen molar-refractivity contribution in [3.63, 3.8) is 0 Å². The van der Waals surface area contributed by atoms with Gasteiger partial charge in [0.15, 0.2) is 20.2 Å². The van der Waals surface area contributed by atoms with E-state index < -0.39 is 31.3 Å². The van der Waals surface area contributed by atoms with Crippen LogP contribution in [0.4, 0.5) is 26.3 Å². The molecule has 0 spiro atoms. The van der Waals surface area contributed by atoms with Gasteiger partial charge >= 0.3 is 28.1 Å². The van der Waals surface area contributed by atoms with E-state index in [-0.39, 0.29) is 23.0 Å². The molecule has 0 saturated carbocycles. The fourth-order valence-electron chi connectivity index (χ4n) is 4.68. The van der Waals surface area contributed by atoms with Crippen LogP contribution in [0.15, 0.2) is 48.5 Å². The quantitative estimate of drug-likeness (QED) is 0.0651. The van der Waals surface area contributed by atoms with Crippen LogP contribution in [0.3, 0.4) is 0 Å². The minimum atomic E-state index is -6.09. The van der Waals surface area contributed by atoms with Crippen LogP contribution in [0.1, 0.15) is 83.8 Å². The van der Waals surface area contributed by atoms with Crippen molar-refractivity contribution in [2.24, 2.45) is 5.92 Å². The van der Waals surface area contributed by atoms with E-state index in [9.17, 15) is 26.3 Å². The van der Waals surface area contributed by atoms with Crippen molar-refractivity contribution in [3.8, 4) is 0 Å². The Hall–Kier alpha value is -2.70. The summed E-state index contributed by atoms with van der Waals surface area (Å²) in [7, 11) is -12.2. The van der Waals surface area contributed by atoms with Gasteiger partial charge in [-0.25, -0.2) is 26.8 Å². The smallest absolute Gasteiger partial charge is 0.741 e. The van der Waals surface area contributed by atoms with Crippen molar-refractivity contribution in [2.45, 2.75) is 96.2 Å². The topological polar surface area (TPSA) is 150 Å². The molecule has 49 heavy (non-hydrogen) atoms. The summed E-state index contributed by atoms with van der Waals surface area (Å²) in [4.78, 5) is 10.4. The van der Waals surface area contributed by atoms with Gasteiger partial charge in [-0.2, -0.15) is 26.3 Å². The zero-order valence-electron chi connectivity index (χ0n) is 27.1. The van der Waals surface area contributed by atoms with Gasteiger partial charge in [0.05, 0.1) is 28.0 Å². The molecule has 0 bridgehead atoms. The molecule has 0 aliphatic carbocycles. The van der Waals surface area contributed by atoms with Gasteiger partial charge in [0.1, 0.15) is 11.6 Å². The van der Waals surface area contributed by atoms with Gasteiger partial charge in [0.2, 0.25) is 0 Å². The molecule has 1 atom stereocenters. The molecule has 2 heterocycles. The Balaban J connectivity index is 0.000000588. The van der Waals surface area contributed by atoms with Gasteiger partial charge in [-0.15, -0.1) is 0 Å². The normalized spacial score (nSPS) is 13.0. The van der Waals surface area contributed by atoms with E-state index in [0.29, 0.717) is 5.92 Å². The van der Waals surface area contributed by atoms with E-state index in [4.69, 9.17) is 35.9 Å². The van der Waals surface area contributed by atoms with Crippen molar-refractivity contribution >= 4 is 42.3 Å². The molecular weight excluding hydrogens is 754 g/mol. The molecule has 1 radical (unpaired) electrons. The predicted octanol–water partition coefficient (Wildman–Crippen LogP) is 7.65. The molecule has 0 aliphatic heterocycles. The molecule has 4 rings (SSSR count). The summed E-state index contributed by atoms with van der Waals surface area (Å²) in [6.07, 6.45) is 6.93. The summed E-state index contributed by atoms with van der Waals surface area (Å²) in [6, 6.07) is 17.2. The SMILES string of the molecule is CCCCC(c1nc2ccccc2n1CCCC)c1nc2ccccc2n1CCC(C)C.O=S(=O)([O-])C(F)(F)F.O=S(=O)([O-])C(F)(F)F.[Cu+2]. The van der Waals surface area contributed by atoms with E-state index in [1.54, 1.807) is 0 Å². The van der Waals surface area contributed by atoms with Gasteiger partial charge in [0, 0.05) is 13.1 Å². The first-order valence-electron chi connectivity index (χ1n) is 15.1. The number of imidazole rings is 2. The Kier molecular flexibility index (Phi) is 16.7. The Labute approximate surface area is 292 Å². The standard InChI is InChI=1S/C28H38N4.2CHF3O3S.Cu/c1-5-7-13-22(27-29-23-14-9-11-16-25(23)31(27)19-8-6-2)28-30-24-15-10-12-17-26(24)32(28)20-18-21(3)4;2*2-1(3,4)8(5,6)7;/h9-12,14-17,21-22H,5-8,13,18-20H2,1-4H3;2*(H,5,6,7);/q;;;+2/p-2. The number of para-hydroxylation sites is 4. The minimum absolute atomic E-state index is 0. The van der Waals surface area contributed by atoms with Crippen LogP contribution in [-0.2, 0) is 50.4 Å². The van der Waals surface area contributed by atoms with E-state index in [1.807, 2.05) is 0 Å². The Morgan fingerprint density at radius 2 is 1.04 bits per heavy atom. The van der Waals surface area contributed by atoms with Crippen LogP contribution in [-0.4, -0.2) is 56.1 Å². The van der Waals surface area contributed by atoms with Gasteiger partial charge in [0.25, 0.3) is 0 Å². The maximum Gasteiger partial charge on any atom is 2.00 e. The molecular formula is C30H38CuF6N4O6S2. The zero-order valence-corrected chi connectivity index (χ0v) is 29.6. The second-order valence-electron chi connectivity index (χ2n) is 11.3. The van der Waals surface area contributed by atoms with Crippen LogP contribution in [0, 0.1) is 5.92 Å². The number of aryl methyl sites for hydroxylation is 2. The largest absolute Gasteiger partial charge is 2.00 e. The van der Waals surface area contributed by atoms with Crippen LogP contribution in [0.2, 0.25) is 0 Å². The second kappa shape index (κ2) is 18.5.